The van der Waals surface area contributed by atoms with Gasteiger partial charge in [-0.15, -0.1) is 0 Å². The van der Waals surface area contributed by atoms with Crippen LogP contribution in [0, 0.1) is 22.7 Å². The molecule has 0 aliphatic heterocycles. The van der Waals surface area contributed by atoms with Gasteiger partial charge in [-0.25, -0.2) is 5.84 Å². The molecule has 3 atom stereocenters. The highest BCUT2D eigenvalue weighted by atomic mass is 16.8. The summed E-state index contributed by atoms with van der Waals surface area (Å²) in [4.78, 5) is 28.5. The summed E-state index contributed by atoms with van der Waals surface area (Å²) in [6.07, 6.45) is 0.267. The van der Waals surface area contributed by atoms with Gasteiger partial charge in [0.2, 0.25) is 11.8 Å². The fourth-order valence-electron chi connectivity index (χ4n) is 3.95. The summed E-state index contributed by atoms with van der Waals surface area (Å²) < 4.78 is 0. The van der Waals surface area contributed by atoms with Crippen LogP contribution < -0.4 is 16.6 Å². The first-order chi connectivity index (χ1) is 15.6. The van der Waals surface area contributed by atoms with E-state index in [0.29, 0.717) is 24.1 Å². The van der Waals surface area contributed by atoms with Crippen LogP contribution in [0.25, 0.3) is 10.4 Å². The van der Waals surface area contributed by atoms with Crippen LogP contribution in [0.15, 0.2) is 29.4 Å². The number of carbonyl (C=O) groups excluding carboxylic acids is 2. The number of nitrogens with one attached hydrogen (secondary N) is 2. The van der Waals surface area contributed by atoms with Crippen LogP contribution in [-0.4, -0.2) is 33.6 Å². The van der Waals surface area contributed by atoms with Crippen molar-refractivity contribution in [1.82, 2.24) is 16.0 Å². The van der Waals surface area contributed by atoms with Crippen molar-refractivity contribution in [2.75, 3.05) is 0 Å². The number of hydrogen-bond donors (Lipinski definition) is 5. The highest BCUT2D eigenvalue weighted by Gasteiger charge is 2.34. The smallest absolute Gasteiger partial charge is 0.237 e. The largest absolute Gasteiger partial charge is 0.336 e. The van der Waals surface area contributed by atoms with Crippen molar-refractivity contribution in [3.8, 4) is 0 Å². The number of nitrogens with zero attached hydrogens (tertiary/aromatic N) is 4. The van der Waals surface area contributed by atoms with Crippen molar-refractivity contribution in [3.63, 3.8) is 0 Å². The average molecular weight is 478 g/mol. The fourth-order valence-corrected chi connectivity index (χ4v) is 3.95. The van der Waals surface area contributed by atoms with Gasteiger partial charge in [-0.1, -0.05) is 70.9 Å². The van der Waals surface area contributed by atoms with Crippen LogP contribution in [0.5, 0.6) is 0 Å². The van der Waals surface area contributed by atoms with E-state index in [2.05, 4.69) is 20.8 Å². The van der Waals surface area contributed by atoms with E-state index >= 15 is 0 Å². The van der Waals surface area contributed by atoms with Gasteiger partial charge in [0.05, 0.1) is 0 Å². The highest BCUT2D eigenvalue weighted by molar-refractivity contribution is 5.82. The molecular formula is C23H39N7O4. The molecule has 1 aromatic rings. The summed E-state index contributed by atoms with van der Waals surface area (Å²) in [5.74, 6) is 3.66. The number of nitrogens with two attached hydrogens (primary N) is 1. The first-order valence-corrected chi connectivity index (χ1v) is 11.3. The van der Waals surface area contributed by atoms with E-state index in [1.54, 1.807) is 24.3 Å². The normalized spacial score (nSPS) is 14.6. The zero-order valence-corrected chi connectivity index (χ0v) is 20.9. The van der Waals surface area contributed by atoms with E-state index in [0.717, 1.165) is 0 Å². The summed E-state index contributed by atoms with van der Waals surface area (Å²) in [7, 11) is 0. The summed E-state index contributed by atoms with van der Waals surface area (Å²) in [6, 6.07) is 6.53. The molecule has 6 N–H and O–H groups in total. The SMILES string of the molecule is CC(C)(C)CC(CC(CC(C)(C)C)C(=O)NC(Cc1ccc(N=[N+]=[N-])cc1)N(O)O)C(=O)NN. The zero-order valence-electron chi connectivity index (χ0n) is 20.9. The van der Waals surface area contributed by atoms with Crippen molar-refractivity contribution in [2.45, 2.75) is 73.4 Å². The van der Waals surface area contributed by atoms with E-state index in [4.69, 9.17) is 11.4 Å². The van der Waals surface area contributed by atoms with E-state index in [1.165, 1.54) is 0 Å². The van der Waals surface area contributed by atoms with Gasteiger partial charge in [0.1, 0.15) is 6.17 Å². The summed E-state index contributed by atoms with van der Waals surface area (Å²) in [6.45, 7) is 12.1. The maximum absolute atomic E-state index is 13.3. The summed E-state index contributed by atoms with van der Waals surface area (Å²) >= 11 is 0. The van der Waals surface area contributed by atoms with Crippen LogP contribution >= 0.6 is 0 Å². The van der Waals surface area contributed by atoms with Gasteiger partial charge in [-0.2, -0.15) is 0 Å². The number of amides is 2. The highest BCUT2D eigenvalue weighted by Crippen LogP contribution is 2.33. The number of hydrogen-bond acceptors (Lipinski definition) is 7. The fraction of sp³-hybridized carbons (Fsp3) is 0.652. The molecule has 0 radical (unpaired) electrons. The Kier molecular flexibility index (Phi) is 10.9. The van der Waals surface area contributed by atoms with E-state index in [1.807, 2.05) is 41.5 Å². The molecule has 0 aliphatic carbocycles. The molecule has 190 valence electrons. The third kappa shape index (κ3) is 11.0. The first kappa shape index (κ1) is 29.3. The third-order valence-corrected chi connectivity index (χ3v) is 5.28. The van der Waals surface area contributed by atoms with Gasteiger partial charge < -0.3 is 5.32 Å². The minimum absolute atomic E-state index is 0.0351. The molecule has 0 aromatic heterocycles. The van der Waals surface area contributed by atoms with Crippen molar-refractivity contribution in [1.29, 1.82) is 0 Å². The van der Waals surface area contributed by atoms with Crippen LogP contribution in [0.4, 0.5) is 5.69 Å². The predicted molar refractivity (Wildman–Crippen MR) is 128 cm³/mol. The Morgan fingerprint density at radius 3 is 1.94 bits per heavy atom. The van der Waals surface area contributed by atoms with Crippen LogP contribution in [0.1, 0.15) is 66.4 Å². The Labute approximate surface area is 201 Å². The Morgan fingerprint density at radius 2 is 1.53 bits per heavy atom. The van der Waals surface area contributed by atoms with Crippen LogP contribution in [0.3, 0.4) is 0 Å². The van der Waals surface area contributed by atoms with Gasteiger partial charge >= 0.3 is 0 Å². The summed E-state index contributed by atoms with van der Waals surface area (Å²) in [5.41, 5.74) is 11.5. The Morgan fingerprint density at radius 1 is 1.03 bits per heavy atom. The monoisotopic (exact) mass is 477 g/mol. The summed E-state index contributed by atoms with van der Waals surface area (Å²) in [5, 5.41) is 25.7. The van der Waals surface area contributed by atoms with Crippen molar-refractivity contribution in [2.24, 2.45) is 33.6 Å². The zero-order chi connectivity index (χ0) is 26.1. The van der Waals surface area contributed by atoms with Crippen LogP contribution in [-0.2, 0) is 16.0 Å². The molecule has 0 heterocycles. The second-order valence-corrected chi connectivity index (χ2v) is 11.1. The quantitative estimate of drug-likeness (QED) is 0.0607. The van der Waals surface area contributed by atoms with Crippen molar-refractivity contribution >= 4 is 17.5 Å². The topological polar surface area (TPSA) is 177 Å². The number of hydroxylamine groups is 2. The lowest BCUT2D eigenvalue weighted by molar-refractivity contribution is -0.335. The van der Waals surface area contributed by atoms with Crippen molar-refractivity contribution in [3.05, 3.63) is 40.3 Å². The lowest BCUT2D eigenvalue weighted by Gasteiger charge is -2.32. The molecule has 0 fully saturated rings. The molecule has 1 aromatic carbocycles. The number of rotatable bonds is 11. The molecule has 2 amide bonds. The first-order valence-electron chi connectivity index (χ1n) is 11.3. The minimum Gasteiger partial charge on any atom is -0.336 e. The number of benzene rings is 1. The standard InChI is InChI=1S/C23H39N7O4/c1-22(2,3)13-16(12-17(21(32)27-24)14-23(4,5)6)20(31)26-19(30(33)34)11-15-7-9-18(10-8-15)28-29-25/h7-10,16-17,19,33-34H,11-14,24H2,1-6H3,(H,26,31)(H,27,32). The Hall–Kier alpha value is -2.69. The predicted octanol–water partition coefficient (Wildman–Crippen LogP) is 4.18. The van der Waals surface area contributed by atoms with Gasteiger partial charge in [0.25, 0.3) is 0 Å². The molecule has 11 heteroatoms. The van der Waals surface area contributed by atoms with Gasteiger partial charge in [-0.05, 0) is 46.4 Å². The molecule has 0 bridgehead atoms. The molecular weight excluding hydrogens is 438 g/mol. The maximum Gasteiger partial charge on any atom is 0.237 e. The average Bonchev–Trinajstić information content (AvgIpc) is 2.71. The second kappa shape index (κ2) is 12.7. The molecule has 1 rings (SSSR count). The lowest BCUT2D eigenvalue weighted by atomic mass is 9.76. The van der Waals surface area contributed by atoms with Gasteiger partial charge in [-0.3, -0.25) is 25.4 Å². The van der Waals surface area contributed by atoms with E-state index < -0.39 is 18.0 Å². The minimum atomic E-state index is -1.12. The second-order valence-electron chi connectivity index (χ2n) is 11.1. The molecule has 0 aliphatic rings. The lowest BCUT2D eigenvalue weighted by Crippen LogP contribution is -2.49. The van der Waals surface area contributed by atoms with Gasteiger partial charge in [0, 0.05) is 28.9 Å². The third-order valence-electron chi connectivity index (χ3n) is 5.28. The maximum atomic E-state index is 13.3. The molecule has 0 saturated heterocycles. The van der Waals surface area contributed by atoms with Crippen molar-refractivity contribution < 1.29 is 20.0 Å². The number of hydrazine groups is 1. The molecule has 11 nitrogen and oxygen atoms in total. The molecule has 0 saturated carbocycles. The molecule has 34 heavy (non-hydrogen) atoms. The number of carbonyl (C=O) groups is 2. The van der Waals surface area contributed by atoms with Crippen LogP contribution in [0.2, 0.25) is 0 Å². The number of azide groups is 1. The van der Waals surface area contributed by atoms with E-state index in [-0.39, 0.29) is 40.7 Å². The van der Waals surface area contributed by atoms with E-state index in [9.17, 15) is 20.0 Å². The molecule has 0 spiro atoms. The van der Waals surface area contributed by atoms with Gasteiger partial charge in [0.15, 0.2) is 0 Å². The Bertz CT molecular complexity index is 854. The molecule has 3 unspecified atom stereocenters. The Balaban J connectivity index is 3.09.